The molecule has 1 saturated heterocycles. The smallest absolute Gasteiger partial charge is 0.317 e. The van der Waals surface area contributed by atoms with E-state index in [0.29, 0.717) is 0 Å². The molecule has 6 nitrogen and oxygen atoms in total. The van der Waals surface area contributed by atoms with E-state index in [1.165, 1.54) is 12.1 Å². The fourth-order valence-corrected chi connectivity index (χ4v) is 2.06. The van der Waals surface area contributed by atoms with Crippen LogP contribution in [0, 0.1) is 5.92 Å². The average Bonchev–Trinajstić information content (AvgIpc) is 2.32. The highest BCUT2D eigenvalue weighted by atomic mass is 16.4. The second-order valence-corrected chi connectivity index (χ2v) is 4.94. The monoisotopic (exact) mass is 278 g/mol. The molecule has 20 heavy (non-hydrogen) atoms. The molecular weight excluding hydrogens is 260 g/mol. The van der Waals surface area contributed by atoms with Gasteiger partial charge in [0.1, 0.15) is 5.75 Å². The molecule has 0 aromatic heterocycles. The first-order valence-corrected chi connectivity index (χ1v) is 6.60. The number of aliphatic carboxylic acids is 1. The number of nitrogens with zero attached hydrogens (tertiary/aromatic N) is 1. The minimum absolute atomic E-state index is 0.0837. The number of carbonyl (C=O) groups is 2. The minimum Gasteiger partial charge on any atom is -0.508 e. The molecule has 0 spiro atoms. The van der Waals surface area contributed by atoms with Crippen LogP contribution in [-0.4, -0.2) is 46.7 Å². The van der Waals surface area contributed by atoms with Crippen LogP contribution in [0.25, 0.3) is 0 Å². The van der Waals surface area contributed by atoms with Crippen molar-refractivity contribution in [3.63, 3.8) is 0 Å². The van der Waals surface area contributed by atoms with Crippen LogP contribution in [0.15, 0.2) is 24.3 Å². The lowest BCUT2D eigenvalue weighted by atomic mass is 9.99. The molecule has 1 heterocycles. The summed E-state index contributed by atoms with van der Waals surface area (Å²) in [6.07, 6.45) is 1.27. The molecule has 6 heteroatoms. The first-order valence-electron chi connectivity index (χ1n) is 6.60. The lowest BCUT2D eigenvalue weighted by Gasteiger charge is -2.31. The molecule has 1 aliphatic heterocycles. The van der Waals surface area contributed by atoms with Gasteiger partial charge in [-0.15, -0.1) is 0 Å². The van der Waals surface area contributed by atoms with Gasteiger partial charge in [0, 0.05) is 19.6 Å². The van der Waals surface area contributed by atoms with Gasteiger partial charge in [0.15, 0.2) is 0 Å². The second kappa shape index (κ2) is 6.27. The molecule has 108 valence electrons. The van der Waals surface area contributed by atoms with Crippen molar-refractivity contribution < 1.29 is 19.8 Å². The van der Waals surface area contributed by atoms with E-state index >= 15 is 0 Å². The number of urea groups is 1. The van der Waals surface area contributed by atoms with Crippen molar-refractivity contribution in [3.8, 4) is 5.75 Å². The topological polar surface area (TPSA) is 89.9 Å². The summed E-state index contributed by atoms with van der Waals surface area (Å²) in [7, 11) is 0. The van der Waals surface area contributed by atoms with Crippen LogP contribution in [0.5, 0.6) is 5.75 Å². The lowest BCUT2D eigenvalue weighted by molar-refractivity contribution is -0.141. The van der Waals surface area contributed by atoms with Gasteiger partial charge in [-0.25, -0.2) is 4.79 Å². The Morgan fingerprint density at radius 1 is 1.35 bits per heavy atom. The molecule has 1 atom stereocenters. The number of amides is 2. The Morgan fingerprint density at radius 2 is 2.10 bits per heavy atom. The molecule has 0 saturated carbocycles. The normalized spacial score (nSPS) is 15.3. The third-order valence-corrected chi connectivity index (χ3v) is 3.38. The summed E-state index contributed by atoms with van der Waals surface area (Å²) in [5, 5.41) is 21.2. The average molecular weight is 278 g/mol. The standard InChI is InChI=1S/C14H18N2O4/c17-12-4-1-3-10(8-12)7-11(13(18)19)9-15-14(20)16-5-2-6-16/h1,3-4,8,11,17H,2,5-7,9H2,(H,15,20)(H,18,19). The second-order valence-electron chi connectivity index (χ2n) is 4.94. The molecule has 1 aliphatic rings. The van der Waals surface area contributed by atoms with Crippen LogP contribution >= 0.6 is 0 Å². The molecule has 0 radical (unpaired) electrons. The van der Waals surface area contributed by atoms with Gasteiger partial charge in [0.2, 0.25) is 0 Å². The number of carboxylic acids is 1. The molecule has 1 fully saturated rings. The van der Waals surface area contributed by atoms with Crippen LogP contribution < -0.4 is 5.32 Å². The zero-order chi connectivity index (χ0) is 14.5. The Labute approximate surface area is 117 Å². The van der Waals surface area contributed by atoms with Crippen LogP contribution in [0.1, 0.15) is 12.0 Å². The molecular formula is C14H18N2O4. The Kier molecular flexibility index (Phi) is 4.45. The summed E-state index contributed by atoms with van der Waals surface area (Å²) in [6.45, 7) is 1.55. The number of phenols is 1. The van der Waals surface area contributed by atoms with E-state index in [1.807, 2.05) is 0 Å². The number of likely N-dealkylation sites (tertiary alicyclic amines) is 1. The number of hydrogen-bond acceptors (Lipinski definition) is 3. The molecule has 0 bridgehead atoms. The highest BCUT2D eigenvalue weighted by molar-refractivity contribution is 5.76. The highest BCUT2D eigenvalue weighted by Crippen LogP contribution is 2.15. The minimum atomic E-state index is -0.961. The zero-order valence-electron chi connectivity index (χ0n) is 11.1. The maximum atomic E-state index is 11.6. The number of aromatic hydroxyl groups is 1. The third kappa shape index (κ3) is 3.63. The fraction of sp³-hybridized carbons (Fsp3) is 0.429. The summed E-state index contributed by atoms with van der Waals surface area (Å²) in [5.74, 6) is -1.56. The molecule has 1 aromatic rings. The predicted octanol–water partition coefficient (Wildman–Crippen LogP) is 1.05. The first kappa shape index (κ1) is 14.2. The maximum absolute atomic E-state index is 11.6. The van der Waals surface area contributed by atoms with Gasteiger partial charge in [0.25, 0.3) is 0 Å². The van der Waals surface area contributed by atoms with E-state index < -0.39 is 11.9 Å². The summed E-state index contributed by atoms with van der Waals surface area (Å²) in [6, 6.07) is 6.28. The van der Waals surface area contributed by atoms with Crippen molar-refractivity contribution in [2.45, 2.75) is 12.8 Å². The Morgan fingerprint density at radius 3 is 2.65 bits per heavy atom. The van der Waals surface area contributed by atoms with Crippen LogP contribution in [-0.2, 0) is 11.2 Å². The Balaban J connectivity index is 1.90. The SMILES string of the molecule is O=C(O)C(CNC(=O)N1CCC1)Cc1cccc(O)c1. The number of carbonyl (C=O) groups excluding carboxylic acids is 1. The summed E-state index contributed by atoms with van der Waals surface area (Å²) < 4.78 is 0. The predicted molar refractivity (Wildman–Crippen MR) is 72.5 cm³/mol. The van der Waals surface area contributed by atoms with E-state index in [4.69, 9.17) is 0 Å². The van der Waals surface area contributed by atoms with Gasteiger partial charge in [-0.1, -0.05) is 12.1 Å². The molecule has 3 N–H and O–H groups in total. The van der Waals surface area contributed by atoms with E-state index in [0.717, 1.165) is 25.1 Å². The third-order valence-electron chi connectivity index (χ3n) is 3.38. The molecule has 1 aromatic carbocycles. The van der Waals surface area contributed by atoms with Gasteiger partial charge in [-0.3, -0.25) is 4.79 Å². The quantitative estimate of drug-likeness (QED) is 0.751. The van der Waals surface area contributed by atoms with E-state index in [2.05, 4.69) is 5.32 Å². The van der Waals surface area contributed by atoms with Crippen molar-refractivity contribution in [2.75, 3.05) is 19.6 Å². The number of carboxylic acid groups (broad SMARTS) is 1. The van der Waals surface area contributed by atoms with E-state index in [-0.39, 0.29) is 24.7 Å². The summed E-state index contributed by atoms with van der Waals surface area (Å²) in [5.41, 5.74) is 0.732. The highest BCUT2D eigenvalue weighted by Gasteiger charge is 2.23. The number of benzene rings is 1. The molecule has 1 unspecified atom stereocenters. The number of nitrogens with one attached hydrogen (secondary N) is 1. The maximum Gasteiger partial charge on any atom is 0.317 e. The summed E-state index contributed by atoms with van der Waals surface area (Å²) >= 11 is 0. The van der Waals surface area contributed by atoms with E-state index in [9.17, 15) is 19.8 Å². The van der Waals surface area contributed by atoms with Crippen LogP contribution in [0.4, 0.5) is 4.79 Å². The molecule has 2 amide bonds. The summed E-state index contributed by atoms with van der Waals surface area (Å²) in [4.78, 5) is 24.5. The fourth-order valence-electron chi connectivity index (χ4n) is 2.06. The molecule has 2 rings (SSSR count). The number of rotatable bonds is 5. The van der Waals surface area contributed by atoms with Crippen molar-refractivity contribution in [1.29, 1.82) is 0 Å². The van der Waals surface area contributed by atoms with Crippen molar-refractivity contribution in [2.24, 2.45) is 5.92 Å². The Hall–Kier alpha value is -2.24. The van der Waals surface area contributed by atoms with Crippen molar-refractivity contribution in [3.05, 3.63) is 29.8 Å². The van der Waals surface area contributed by atoms with Gasteiger partial charge in [-0.2, -0.15) is 0 Å². The zero-order valence-corrected chi connectivity index (χ0v) is 11.1. The van der Waals surface area contributed by atoms with Gasteiger partial charge in [0.05, 0.1) is 5.92 Å². The van der Waals surface area contributed by atoms with Gasteiger partial charge >= 0.3 is 12.0 Å². The largest absolute Gasteiger partial charge is 0.508 e. The van der Waals surface area contributed by atoms with E-state index in [1.54, 1.807) is 17.0 Å². The number of hydrogen-bond donors (Lipinski definition) is 3. The van der Waals surface area contributed by atoms with Crippen LogP contribution in [0.3, 0.4) is 0 Å². The Bertz CT molecular complexity index is 500. The van der Waals surface area contributed by atoms with Crippen molar-refractivity contribution in [1.82, 2.24) is 10.2 Å². The van der Waals surface area contributed by atoms with Crippen molar-refractivity contribution >= 4 is 12.0 Å². The lowest BCUT2D eigenvalue weighted by Crippen LogP contribution is -2.49. The van der Waals surface area contributed by atoms with Crippen LogP contribution in [0.2, 0.25) is 0 Å². The first-order chi connectivity index (χ1) is 9.56. The van der Waals surface area contributed by atoms with Gasteiger partial charge < -0.3 is 20.4 Å². The van der Waals surface area contributed by atoms with Gasteiger partial charge in [-0.05, 0) is 30.5 Å². The molecule has 0 aliphatic carbocycles. The number of phenolic OH excluding ortho intramolecular Hbond substituents is 1.